The lowest BCUT2D eigenvalue weighted by Crippen LogP contribution is -2.04. The predicted octanol–water partition coefficient (Wildman–Crippen LogP) is 2.99. The van der Waals surface area contributed by atoms with Crippen LogP contribution in [0.4, 0.5) is 8.78 Å². The van der Waals surface area contributed by atoms with E-state index in [1.54, 1.807) is 0 Å². The van der Waals surface area contributed by atoms with Crippen molar-refractivity contribution in [3.8, 4) is 5.75 Å². The van der Waals surface area contributed by atoms with E-state index >= 15 is 0 Å². The highest BCUT2D eigenvalue weighted by Crippen LogP contribution is 2.16. The number of ketones is 1. The number of nitrogens with zero attached hydrogens (tertiary/aromatic N) is 1. The molecule has 0 aliphatic rings. The first kappa shape index (κ1) is 13.1. The van der Waals surface area contributed by atoms with Crippen molar-refractivity contribution >= 4 is 5.78 Å². The van der Waals surface area contributed by atoms with Crippen LogP contribution < -0.4 is 4.74 Å². The summed E-state index contributed by atoms with van der Waals surface area (Å²) in [7, 11) is 0. The summed E-state index contributed by atoms with van der Waals surface area (Å²) in [6.45, 7) is 2.26. The molecule has 0 aliphatic heterocycles. The van der Waals surface area contributed by atoms with E-state index in [-0.39, 0.29) is 11.1 Å². The van der Waals surface area contributed by atoms with E-state index in [2.05, 4.69) is 4.98 Å². The third-order valence-corrected chi connectivity index (χ3v) is 2.47. The van der Waals surface area contributed by atoms with Crippen molar-refractivity contribution in [2.45, 2.75) is 6.92 Å². The summed E-state index contributed by atoms with van der Waals surface area (Å²) in [6.07, 6.45) is 2.83. The number of hydrogen-bond donors (Lipinski definition) is 0. The van der Waals surface area contributed by atoms with Crippen LogP contribution in [0.3, 0.4) is 0 Å². The number of aromatic nitrogens is 1. The maximum absolute atomic E-state index is 13.1. The highest BCUT2D eigenvalue weighted by atomic mass is 19.2. The van der Waals surface area contributed by atoms with Crippen LogP contribution in [-0.4, -0.2) is 17.4 Å². The number of pyridine rings is 1. The second kappa shape index (κ2) is 5.56. The summed E-state index contributed by atoms with van der Waals surface area (Å²) >= 11 is 0. The Labute approximate surface area is 108 Å². The second-order valence-corrected chi connectivity index (χ2v) is 3.80. The maximum atomic E-state index is 13.1. The lowest BCUT2D eigenvalue weighted by atomic mass is 10.0. The van der Waals surface area contributed by atoms with Crippen molar-refractivity contribution in [1.29, 1.82) is 0 Å². The number of hydrogen-bond acceptors (Lipinski definition) is 3. The molecule has 0 saturated carbocycles. The quantitative estimate of drug-likeness (QED) is 0.796. The minimum Gasteiger partial charge on any atom is -0.492 e. The van der Waals surface area contributed by atoms with Crippen molar-refractivity contribution in [2.24, 2.45) is 0 Å². The molecule has 1 aromatic heterocycles. The van der Waals surface area contributed by atoms with Crippen LogP contribution in [0.1, 0.15) is 22.8 Å². The van der Waals surface area contributed by atoms with Crippen LogP contribution in [0, 0.1) is 11.6 Å². The average molecular weight is 263 g/mol. The number of ether oxygens (including phenoxy) is 1. The minimum absolute atomic E-state index is 0.0642. The molecule has 3 nitrogen and oxygen atoms in total. The minimum atomic E-state index is -1.06. The van der Waals surface area contributed by atoms with Gasteiger partial charge in [0.05, 0.1) is 12.8 Å². The largest absolute Gasteiger partial charge is 0.492 e. The monoisotopic (exact) mass is 263 g/mol. The molecule has 0 aliphatic carbocycles. The molecule has 0 fully saturated rings. The standard InChI is InChI=1S/C14H11F2NO2/c1-2-19-11-5-10(7-17-8-11)14(18)9-3-4-12(15)13(16)6-9/h3-8H,2H2,1H3. The second-order valence-electron chi connectivity index (χ2n) is 3.80. The third kappa shape index (κ3) is 2.93. The smallest absolute Gasteiger partial charge is 0.194 e. The van der Waals surface area contributed by atoms with Gasteiger partial charge < -0.3 is 4.74 Å². The molecule has 0 bridgehead atoms. The van der Waals surface area contributed by atoms with Gasteiger partial charge in [-0.05, 0) is 31.2 Å². The zero-order chi connectivity index (χ0) is 13.8. The van der Waals surface area contributed by atoms with E-state index in [4.69, 9.17) is 4.74 Å². The van der Waals surface area contributed by atoms with Crippen molar-refractivity contribution in [3.05, 3.63) is 59.4 Å². The van der Waals surface area contributed by atoms with Crippen molar-refractivity contribution in [2.75, 3.05) is 6.61 Å². The first-order valence-electron chi connectivity index (χ1n) is 5.69. The van der Waals surface area contributed by atoms with Crippen molar-refractivity contribution in [1.82, 2.24) is 4.98 Å². The molecule has 1 heterocycles. The van der Waals surface area contributed by atoms with E-state index in [0.29, 0.717) is 12.4 Å². The lowest BCUT2D eigenvalue weighted by molar-refractivity contribution is 0.103. The first-order chi connectivity index (χ1) is 9.11. The van der Waals surface area contributed by atoms with E-state index < -0.39 is 17.4 Å². The molecule has 5 heteroatoms. The number of carbonyl (C=O) groups excluding carboxylic acids is 1. The summed E-state index contributed by atoms with van der Waals surface area (Å²) in [5.41, 5.74) is 0.325. The highest BCUT2D eigenvalue weighted by Gasteiger charge is 2.13. The molecule has 0 spiro atoms. The van der Waals surface area contributed by atoms with Crippen LogP contribution in [0.15, 0.2) is 36.7 Å². The Morgan fingerprint density at radius 1 is 1.16 bits per heavy atom. The van der Waals surface area contributed by atoms with Crippen LogP contribution >= 0.6 is 0 Å². The van der Waals surface area contributed by atoms with Gasteiger partial charge in [-0.1, -0.05) is 0 Å². The van der Waals surface area contributed by atoms with Crippen LogP contribution in [0.25, 0.3) is 0 Å². The van der Waals surface area contributed by atoms with Crippen molar-refractivity contribution in [3.63, 3.8) is 0 Å². The van der Waals surface area contributed by atoms with E-state index in [1.807, 2.05) is 6.92 Å². The highest BCUT2D eigenvalue weighted by molar-refractivity contribution is 6.08. The molecule has 0 radical (unpaired) electrons. The van der Waals surface area contributed by atoms with Gasteiger partial charge >= 0.3 is 0 Å². The Hall–Kier alpha value is -2.30. The molecular formula is C14H11F2NO2. The lowest BCUT2D eigenvalue weighted by Gasteiger charge is -2.05. The Morgan fingerprint density at radius 2 is 1.95 bits per heavy atom. The molecule has 0 N–H and O–H groups in total. The van der Waals surface area contributed by atoms with Crippen molar-refractivity contribution < 1.29 is 18.3 Å². The molecule has 1 aromatic carbocycles. The van der Waals surface area contributed by atoms with Gasteiger partial charge in [0.1, 0.15) is 5.75 Å². The molecule has 0 saturated heterocycles. The fourth-order valence-corrected chi connectivity index (χ4v) is 1.59. The molecule has 2 aromatic rings. The Balaban J connectivity index is 2.32. The summed E-state index contributed by atoms with van der Waals surface area (Å²) in [6, 6.07) is 4.53. The normalized spacial score (nSPS) is 10.3. The van der Waals surface area contributed by atoms with Gasteiger partial charge in [0, 0.05) is 17.3 Å². The van der Waals surface area contributed by atoms with E-state index in [0.717, 1.165) is 12.1 Å². The first-order valence-corrected chi connectivity index (χ1v) is 5.69. The van der Waals surface area contributed by atoms with Gasteiger partial charge in [0.25, 0.3) is 0 Å². The zero-order valence-corrected chi connectivity index (χ0v) is 10.2. The van der Waals surface area contributed by atoms with E-state index in [9.17, 15) is 13.6 Å². The van der Waals surface area contributed by atoms with Gasteiger partial charge in [-0.3, -0.25) is 9.78 Å². The number of halogens is 2. The molecule has 0 atom stereocenters. The van der Waals surface area contributed by atoms with Gasteiger partial charge in [-0.25, -0.2) is 8.78 Å². The van der Waals surface area contributed by atoms with E-state index in [1.165, 1.54) is 24.5 Å². The molecule has 0 amide bonds. The van der Waals surface area contributed by atoms with Gasteiger partial charge in [-0.2, -0.15) is 0 Å². The molecule has 19 heavy (non-hydrogen) atoms. The van der Waals surface area contributed by atoms with Crippen LogP contribution in [0.2, 0.25) is 0 Å². The van der Waals surface area contributed by atoms with Gasteiger partial charge in [0.15, 0.2) is 17.4 Å². The fourth-order valence-electron chi connectivity index (χ4n) is 1.59. The molecular weight excluding hydrogens is 252 g/mol. The fraction of sp³-hybridized carbons (Fsp3) is 0.143. The zero-order valence-electron chi connectivity index (χ0n) is 10.2. The molecule has 2 rings (SSSR count). The Bertz CT molecular complexity index is 614. The summed E-state index contributed by atoms with van der Waals surface area (Å²) in [5.74, 6) is -2.03. The number of benzene rings is 1. The third-order valence-electron chi connectivity index (χ3n) is 2.47. The Kier molecular flexibility index (Phi) is 3.85. The predicted molar refractivity (Wildman–Crippen MR) is 65.2 cm³/mol. The summed E-state index contributed by atoms with van der Waals surface area (Å²) in [4.78, 5) is 16.0. The van der Waals surface area contributed by atoms with Gasteiger partial charge in [-0.15, -0.1) is 0 Å². The topological polar surface area (TPSA) is 39.2 Å². The maximum Gasteiger partial charge on any atom is 0.194 e. The van der Waals surface area contributed by atoms with Crippen LogP contribution in [-0.2, 0) is 0 Å². The number of rotatable bonds is 4. The molecule has 98 valence electrons. The Morgan fingerprint density at radius 3 is 2.63 bits per heavy atom. The van der Waals surface area contributed by atoms with Crippen LogP contribution in [0.5, 0.6) is 5.75 Å². The summed E-state index contributed by atoms with van der Waals surface area (Å²) in [5, 5.41) is 0. The molecule has 0 unspecified atom stereocenters. The SMILES string of the molecule is CCOc1cncc(C(=O)c2ccc(F)c(F)c2)c1. The number of carbonyl (C=O) groups is 1. The van der Waals surface area contributed by atoms with Gasteiger partial charge in [0.2, 0.25) is 0 Å². The summed E-state index contributed by atoms with van der Waals surface area (Å²) < 4.78 is 31.1. The average Bonchev–Trinajstić information content (AvgIpc) is 2.42.